The molecule has 130 valence electrons. The van der Waals surface area contributed by atoms with Crippen LogP contribution in [0.2, 0.25) is 0 Å². The van der Waals surface area contributed by atoms with Crippen LogP contribution >= 0.6 is 0 Å². The van der Waals surface area contributed by atoms with Crippen molar-refractivity contribution < 1.29 is 9.84 Å². The Morgan fingerprint density at radius 3 is 2.80 bits per heavy atom. The van der Waals surface area contributed by atoms with Crippen LogP contribution in [0.4, 0.5) is 5.69 Å². The molecule has 0 atom stereocenters. The fourth-order valence-corrected chi connectivity index (χ4v) is 3.39. The third-order valence-electron chi connectivity index (χ3n) is 4.79. The van der Waals surface area contributed by atoms with Gasteiger partial charge in [-0.15, -0.1) is 0 Å². The molecule has 4 heterocycles. The predicted octanol–water partition coefficient (Wildman–Crippen LogP) is 2.52. The number of aryl methyl sites for hydroxylation is 3. The molecule has 25 heavy (non-hydrogen) atoms. The molecule has 1 aliphatic heterocycles. The molecule has 0 bridgehead atoms. The van der Waals surface area contributed by atoms with Gasteiger partial charge in [0.05, 0.1) is 29.8 Å². The first-order chi connectivity index (χ1) is 12.2. The maximum absolute atomic E-state index is 10.8. The number of aromatic hydroxyl groups is 1. The lowest BCUT2D eigenvalue weighted by Gasteiger charge is -2.29. The van der Waals surface area contributed by atoms with Crippen molar-refractivity contribution in [3.8, 4) is 5.88 Å². The van der Waals surface area contributed by atoms with Gasteiger partial charge in [0.15, 0.2) is 0 Å². The van der Waals surface area contributed by atoms with E-state index in [1.807, 2.05) is 29.1 Å². The average molecular weight is 338 g/mol. The zero-order valence-corrected chi connectivity index (χ0v) is 14.4. The summed E-state index contributed by atoms with van der Waals surface area (Å²) >= 11 is 0. The number of hydrogen-bond donors (Lipinski definition) is 1. The highest BCUT2D eigenvalue weighted by Crippen LogP contribution is 2.34. The van der Waals surface area contributed by atoms with Crippen LogP contribution in [0.5, 0.6) is 5.88 Å². The van der Waals surface area contributed by atoms with Gasteiger partial charge in [0.2, 0.25) is 5.88 Å². The fraction of sp³-hybridized carbons (Fsp3) is 0.368. The zero-order chi connectivity index (χ0) is 17.2. The molecule has 6 heteroatoms. The largest absolute Gasteiger partial charge is 0.494 e. The monoisotopic (exact) mass is 338 g/mol. The lowest BCUT2D eigenvalue weighted by atomic mass is 10.1. The second-order valence-electron chi connectivity index (χ2n) is 6.35. The van der Waals surface area contributed by atoms with Crippen molar-refractivity contribution in [1.82, 2.24) is 14.5 Å². The molecule has 3 aromatic rings. The van der Waals surface area contributed by atoms with Crippen LogP contribution in [0.25, 0.3) is 10.9 Å². The number of aromatic nitrogens is 3. The second kappa shape index (κ2) is 6.72. The summed E-state index contributed by atoms with van der Waals surface area (Å²) in [5, 5.41) is 11.6. The minimum absolute atomic E-state index is 0.276. The Bertz CT molecular complexity index is 884. The number of pyridine rings is 2. The van der Waals surface area contributed by atoms with Gasteiger partial charge in [-0.3, -0.25) is 9.97 Å². The highest BCUT2D eigenvalue weighted by Gasteiger charge is 2.19. The van der Waals surface area contributed by atoms with Gasteiger partial charge in [-0.25, -0.2) is 0 Å². The molecule has 6 nitrogen and oxygen atoms in total. The summed E-state index contributed by atoms with van der Waals surface area (Å²) in [5.74, 6) is 0.276. The third-order valence-corrected chi connectivity index (χ3v) is 4.79. The lowest BCUT2D eigenvalue weighted by Crippen LogP contribution is -2.36. The van der Waals surface area contributed by atoms with Crippen molar-refractivity contribution in [3.63, 3.8) is 0 Å². The van der Waals surface area contributed by atoms with E-state index in [-0.39, 0.29) is 5.88 Å². The minimum Gasteiger partial charge on any atom is -0.494 e. The molecule has 1 fully saturated rings. The molecule has 3 aromatic heterocycles. The SMILES string of the molecule is Cc1cccnc1CCn1cc2nccc(N3CCOCC3)c2c1O. The number of hydrogen-bond acceptors (Lipinski definition) is 5. The van der Waals surface area contributed by atoms with Gasteiger partial charge in [-0.2, -0.15) is 0 Å². The Hall–Kier alpha value is -2.60. The molecule has 1 aliphatic rings. The van der Waals surface area contributed by atoms with E-state index in [4.69, 9.17) is 4.74 Å². The highest BCUT2D eigenvalue weighted by molar-refractivity contribution is 5.96. The molecule has 0 amide bonds. The normalized spacial score (nSPS) is 15.0. The second-order valence-corrected chi connectivity index (χ2v) is 6.35. The van der Waals surface area contributed by atoms with E-state index in [2.05, 4.69) is 27.9 Å². The number of nitrogens with zero attached hydrogens (tertiary/aromatic N) is 4. The Balaban J connectivity index is 1.64. The van der Waals surface area contributed by atoms with Crippen LogP contribution in [0.3, 0.4) is 0 Å². The zero-order valence-electron chi connectivity index (χ0n) is 14.4. The van der Waals surface area contributed by atoms with Crippen LogP contribution in [0.15, 0.2) is 36.8 Å². The van der Waals surface area contributed by atoms with Crippen LogP contribution in [-0.4, -0.2) is 45.9 Å². The first-order valence-corrected chi connectivity index (χ1v) is 8.64. The molecule has 1 saturated heterocycles. The maximum Gasteiger partial charge on any atom is 0.202 e. The van der Waals surface area contributed by atoms with Crippen molar-refractivity contribution in [2.45, 2.75) is 19.9 Å². The van der Waals surface area contributed by atoms with Gasteiger partial charge in [0.1, 0.15) is 0 Å². The molecule has 0 aliphatic carbocycles. The summed E-state index contributed by atoms with van der Waals surface area (Å²) in [6.45, 7) is 5.82. The topological polar surface area (TPSA) is 63.4 Å². The average Bonchev–Trinajstić information content (AvgIpc) is 2.98. The molecular weight excluding hydrogens is 316 g/mol. The first kappa shape index (κ1) is 15.9. The maximum atomic E-state index is 10.8. The standard InChI is InChI=1S/C19H22N4O2/c1-14-3-2-6-20-15(14)5-8-23-13-16-18(19(23)24)17(4-7-21-16)22-9-11-25-12-10-22/h2-4,6-7,13,24H,5,8-12H2,1H3. The quantitative estimate of drug-likeness (QED) is 0.792. The summed E-state index contributed by atoms with van der Waals surface area (Å²) in [4.78, 5) is 11.1. The Morgan fingerprint density at radius 1 is 1.16 bits per heavy atom. The van der Waals surface area contributed by atoms with Gasteiger partial charge in [0, 0.05) is 50.3 Å². The first-order valence-electron chi connectivity index (χ1n) is 8.64. The molecule has 0 aromatic carbocycles. The van der Waals surface area contributed by atoms with E-state index in [0.29, 0.717) is 19.8 Å². The number of anilines is 1. The van der Waals surface area contributed by atoms with E-state index in [1.54, 1.807) is 6.20 Å². The van der Waals surface area contributed by atoms with E-state index >= 15 is 0 Å². The number of morpholine rings is 1. The van der Waals surface area contributed by atoms with E-state index < -0.39 is 0 Å². The van der Waals surface area contributed by atoms with Crippen molar-refractivity contribution in [1.29, 1.82) is 0 Å². The molecular formula is C19H22N4O2. The van der Waals surface area contributed by atoms with Crippen LogP contribution in [0, 0.1) is 6.92 Å². The molecule has 1 N–H and O–H groups in total. The Labute approximate surface area is 146 Å². The fourth-order valence-electron chi connectivity index (χ4n) is 3.39. The van der Waals surface area contributed by atoms with Crippen molar-refractivity contribution >= 4 is 16.6 Å². The van der Waals surface area contributed by atoms with E-state index in [1.165, 1.54) is 5.56 Å². The smallest absolute Gasteiger partial charge is 0.202 e. The van der Waals surface area contributed by atoms with Crippen molar-refractivity contribution in [3.05, 3.63) is 48.0 Å². The van der Waals surface area contributed by atoms with E-state index in [9.17, 15) is 5.11 Å². The van der Waals surface area contributed by atoms with Gasteiger partial charge >= 0.3 is 0 Å². The van der Waals surface area contributed by atoms with Crippen LogP contribution in [0.1, 0.15) is 11.3 Å². The number of fused-ring (bicyclic) bond motifs is 1. The summed E-state index contributed by atoms with van der Waals surface area (Å²) in [5.41, 5.74) is 4.07. The summed E-state index contributed by atoms with van der Waals surface area (Å²) < 4.78 is 7.31. The minimum atomic E-state index is 0.276. The van der Waals surface area contributed by atoms with E-state index in [0.717, 1.165) is 41.8 Å². The van der Waals surface area contributed by atoms with Gasteiger partial charge < -0.3 is 19.3 Å². The van der Waals surface area contributed by atoms with Crippen LogP contribution in [-0.2, 0) is 17.7 Å². The molecule has 0 unspecified atom stereocenters. The lowest BCUT2D eigenvalue weighted by molar-refractivity contribution is 0.123. The molecule has 0 radical (unpaired) electrons. The number of rotatable bonds is 4. The van der Waals surface area contributed by atoms with Crippen LogP contribution < -0.4 is 4.90 Å². The molecule has 0 saturated carbocycles. The Kier molecular flexibility index (Phi) is 4.28. The number of ether oxygens (including phenoxy) is 1. The Morgan fingerprint density at radius 2 is 2.00 bits per heavy atom. The van der Waals surface area contributed by atoms with Gasteiger partial charge in [-0.05, 0) is 24.6 Å². The predicted molar refractivity (Wildman–Crippen MR) is 97.1 cm³/mol. The van der Waals surface area contributed by atoms with Gasteiger partial charge in [0.25, 0.3) is 0 Å². The van der Waals surface area contributed by atoms with Gasteiger partial charge in [-0.1, -0.05) is 6.07 Å². The third kappa shape index (κ3) is 3.05. The molecule has 0 spiro atoms. The highest BCUT2D eigenvalue weighted by atomic mass is 16.5. The summed E-state index contributed by atoms with van der Waals surface area (Å²) in [6, 6.07) is 5.98. The van der Waals surface area contributed by atoms with Crippen molar-refractivity contribution in [2.24, 2.45) is 0 Å². The molecule has 4 rings (SSSR count). The summed E-state index contributed by atoms with van der Waals surface area (Å²) in [7, 11) is 0. The summed E-state index contributed by atoms with van der Waals surface area (Å²) in [6.07, 6.45) is 6.31. The van der Waals surface area contributed by atoms with Crippen molar-refractivity contribution in [2.75, 3.05) is 31.2 Å².